The zero-order valence-electron chi connectivity index (χ0n) is 12.1. The average Bonchev–Trinajstić information content (AvgIpc) is 3.00. The molecule has 1 aromatic rings. The number of hydrogen-bond donors (Lipinski definition) is 0. The maximum absolute atomic E-state index is 6.07. The molecule has 0 aliphatic carbocycles. The van der Waals surface area contributed by atoms with Gasteiger partial charge in [-0.1, -0.05) is 6.07 Å². The molecule has 2 aliphatic rings. The van der Waals surface area contributed by atoms with Gasteiger partial charge in [0.15, 0.2) is 0 Å². The van der Waals surface area contributed by atoms with Gasteiger partial charge in [-0.25, -0.2) is 0 Å². The number of hydrogen-bond acceptors (Lipinski definition) is 4. The summed E-state index contributed by atoms with van der Waals surface area (Å²) in [5, 5.41) is 0. The second-order valence-electron chi connectivity index (χ2n) is 6.33. The Morgan fingerprint density at radius 2 is 1.84 bits per heavy atom. The first-order chi connectivity index (χ1) is 8.89. The fourth-order valence-electron chi connectivity index (χ4n) is 2.43. The lowest BCUT2D eigenvalue weighted by atomic mass is 9.88. The van der Waals surface area contributed by atoms with Gasteiger partial charge in [0.05, 0.1) is 17.3 Å². The van der Waals surface area contributed by atoms with Crippen LogP contribution in [-0.2, 0) is 14.0 Å². The quantitative estimate of drug-likeness (QED) is 0.780. The predicted molar refractivity (Wildman–Crippen MR) is 78.0 cm³/mol. The van der Waals surface area contributed by atoms with E-state index in [2.05, 4.69) is 39.8 Å². The van der Waals surface area contributed by atoms with Crippen molar-refractivity contribution in [3.05, 3.63) is 17.0 Å². The zero-order chi connectivity index (χ0) is 13.7. The first-order valence-corrected chi connectivity index (χ1v) is 7.78. The van der Waals surface area contributed by atoms with Crippen molar-refractivity contribution in [2.45, 2.75) is 57.8 Å². The second kappa shape index (κ2) is 4.59. The van der Waals surface area contributed by atoms with E-state index in [0.29, 0.717) is 0 Å². The van der Waals surface area contributed by atoms with E-state index in [0.717, 1.165) is 24.2 Å². The summed E-state index contributed by atoms with van der Waals surface area (Å²) in [5.41, 5.74) is -0.544. The lowest BCUT2D eigenvalue weighted by Gasteiger charge is -2.32. The first kappa shape index (κ1) is 13.6. The van der Waals surface area contributed by atoms with Gasteiger partial charge in [0.25, 0.3) is 0 Å². The molecule has 19 heavy (non-hydrogen) atoms. The smallest absolute Gasteiger partial charge is 0.399 e. The topological polar surface area (TPSA) is 27.7 Å². The number of thiophene rings is 1. The van der Waals surface area contributed by atoms with Crippen LogP contribution in [0.25, 0.3) is 0 Å². The van der Waals surface area contributed by atoms with Gasteiger partial charge in [0.1, 0.15) is 0 Å². The van der Waals surface area contributed by atoms with Crippen molar-refractivity contribution in [1.29, 1.82) is 0 Å². The molecule has 0 saturated carbocycles. The van der Waals surface area contributed by atoms with Gasteiger partial charge in [-0.3, -0.25) is 0 Å². The summed E-state index contributed by atoms with van der Waals surface area (Å²) in [7, 11) is -0.245. The Bertz CT molecular complexity index is 447. The molecular weight excluding hydrogens is 259 g/mol. The molecule has 0 amide bonds. The highest BCUT2D eigenvalue weighted by Crippen LogP contribution is 2.38. The molecule has 2 aliphatic heterocycles. The van der Waals surface area contributed by atoms with Crippen molar-refractivity contribution in [2.75, 3.05) is 6.61 Å². The van der Waals surface area contributed by atoms with Crippen LogP contribution in [0.4, 0.5) is 0 Å². The maximum atomic E-state index is 6.07. The molecule has 1 unspecified atom stereocenters. The summed E-state index contributed by atoms with van der Waals surface area (Å²) < 4.78 is 19.0. The Hall–Kier alpha value is -0.355. The molecule has 2 fully saturated rings. The molecule has 3 heterocycles. The summed E-state index contributed by atoms with van der Waals surface area (Å²) in [6.45, 7) is 9.22. The van der Waals surface area contributed by atoms with Crippen LogP contribution in [0.2, 0.25) is 0 Å². The van der Waals surface area contributed by atoms with Crippen molar-refractivity contribution in [3.63, 3.8) is 0 Å². The Labute approximate surface area is 119 Å². The molecule has 104 valence electrons. The summed E-state index contributed by atoms with van der Waals surface area (Å²) in [4.78, 5) is 1.29. The molecule has 0 spiro atoms. The van der Waals surface area contributed by atoms with E-state index in [4.69, 9.17) is 14.0 Å². The van der Waals surface area contributed by atoms with E-state index in [1.165, 1.54) is 4.88 Å². The van der Waals surface area contributed by atoms with Crippen molar-refractivity contribution in [1.82, 2.24) is 0 Å². The van der Waals surface area contributed by atoms with Gasteiger partial charge >= 0.3 is 7.12 Å². The molecular formula is C14H21BO3S. The molecule has 0 aromatic carbocycles. The van der Waals surface area contributed by atoms with Crippen LogP contribution >= 0.6 is 11.3 Å². The lowest BCUT2D eigenvalue weighted by molar-refractivity contribution is 0.00578. The van der Waals surface area contributed by atoms with Gasteiger partial charge in [0, 0.05) is 16.3 Å². The van der Waals surface area contributed by atoms with Gasteiger partial charge < -0.3 is 14.0 Å². The Kier molecular flexibility index (Phi) is 3.29. The van der Waals surface area contributed by atoms with Gasteiger partial charge in [-0.2, -0.15) is 0 Å². The van der Waals surface area contributed by atoms with Crippen molar-refractivity contribution in [2.24, 2.45) is 0 Å². The zero-order valence-corrected chi connectivity index (χ0v) is 12.9. The molecule has 5 heteroatoms. The minimum absolute atomic E-state index is 0.245. The van der Waals surface area contributed by atoms with Crippen LogP contribution < -0.4 is 4.78 Å². The summed E-state index contributed by atoms with van der Waals surface area (Å²) in [5.74, 6) is 0. The van der Waals surface area contributed by atoms with Crippen molar-refractivity contribution < 1.29 is 14.0 Å². The summed E-state index contributed by atoms with van der Waals surface area (Å²) in [6.07, 6.45) is 2.57. The highest BCUT2D eigenvalue weighted by Gasteiger charge is 2.52. The van der Waals surface area contributed by atoms with E-state index in [1.54, 1.807) is 11.3 Å². The normalized spacial score (nSPS) is 29.1. The van der Waals surface area contributed by atoms with E-state index in [-0.39, 0.29) is 24.4 Å². The van der Waals surface area contributed by atoms with Crippen LogP contribution in [-0.4, -0.2) is 24.9 Å². The van der Waals surface area contributed by atoms with Crippen LogP contribution in [0.1, 0.15) is 51.5 Å². The Morgan fingerprint density at radius 1 is 1.16 bits per heavy atom. The van der Waals surface area contributed by atoms with Gasteiger partial charge in [-0.05, 0) is 46.6 Å². The fraction of sp³-hybridized carbons (Fsp3) is 0.714. The Balaban J connectivity index is 1.77. The highest BCUT2D eigenvalue weighted by atomic mass is 32.1. The summed E-state index contributed by atoms with van der Waals surface area (Å²) >= 11 is 1.75. The van der Waals surface area contributed by atoms with Gasteiger partial charge in [0.2, 0.25) is 0 Å². The standard InChI is InChI=1S/C14H21BO3S/c1-13(2)14(3,4)18-15(17-13)12-8-7-11(19-12)10-6-5-9-16-10/h7-8,10H,5-6,9H2,1-4H3. The molecule has 2 saturated heterocycles. The molecule has 1 aromatic heterocycles. The molecule has 0 N–H and O–H groups in total. The maximum Gasteiger partial charge on any atom is 0.505 e. The summed E-state index contributed by atoms with van der Waals surface area (Å²) in [6, 6.07) is 4.27. The van der Waals surface area contributed by atoms with Crippen LogP contribution in [0.3, 0.4) is 0 Å². The number of rotatable bonds is 2. The first-order valence-electron chi connectivity index (χ1n) is 6.96. The molecule has 3 rings (SSSR count). The Morgan fingerprint density at radius 3 is 2.42 bits per heavy atom. The minimum atomic E-state index is -0.272. The van der Waals surface area contributed by atoms with E-state index >= 15 is 0 Å². The number of ether oxygens (including phenoxy) is 1. The second-order valence-corrected chi connectivity index (χ2v) is 7.48. The van der Waals surface area contributed by atoms with Crippen LogP contribution in [0.5, 0.6) is 0 Å². The fourth-order valence-corrected chi connectivity index (χ4v) is 3.48. The molecule has 0 bridgehead atoms. The van der Waals surface area contributed by atoms with E-state index in [1.807, 2.05) is 0 Å². The lowest BCUT2D eigenvalue weighted by Crippen LogP contribution is -2.41. The molecule has 0 radical (unpaired) electrons. The largest absolute Gasteiger partial charge is 0.505 e. The SMILES string of the molecule is CC1(C)OB(c2ccc(C3CCCO3)s2)OC1(C)C. The van der Waals surface area contributed by atoms with E-state index in [9.17, 15) is 0 Å². The monoisotopic (exact) mass is 280 g/mol. The highest BCUT2D eigenvalue weighted by molar-refractivity contribution is 7.22. The van der Waals surface area contributed by atoms with Crippen LogP contribution in [0, 0.1) is 0 Å². The average molecular weight is 280 g/mol. The van der Waals surface area contributed by atoms with E-state index < -0.39 is 0 Å². The minimum Gasteiger partial charge on any atom is -0.399 e. The third-order valence-electron chi connectivity index (χ3n) is 4.38. The van der Waals surface area contributed by atoms with Crippen LogP contribution in [0.15, 0.2) is 12.1 Å². The molecule has 3 nitrogen and oxygen atoms in total. The third kappa shape index (κ3) is 2.37. The third-order valence-corrected chi connectivity index (χ3v) is 5.58. The van der Waals surface area contributed by atoms with Crippen molar-refractivity contribution >= 4 is 23.2 Å². The van der Waals surface area contributed by atoms with Gasteiger partial charge in [-0.15, -0.1) is 11.3 Å². The molecule has 1 atom stereocenters. The predicted octanol–water partition coefficient (Wildman–Crippen LogP) is 2.90. The van der Waals surface area contributed by atoms with Crippen molar-refractivity contribution in [3.8, 4) is 0 Å².